The van der Waals surface area contributed by atoms with Crippen LogP contribution in [0.4, 0.5) is 0 Å². The topological polar surface area (TPSA) is 46.3 Å². The number of thioether (sulfide) groups is 1. The SMILES string of the molecule is Cl.NCCCCCCC(=O)N1CCSC2(CCCCC2)C1. The third-order valence-electron chi connectivity index (χ3n) is 4.71. The molecule has 2 N–H and O–H groups in total. The van der Waals surface area contributed by atoms with E-state index in [0.29, 0.717) is 10.7 Å². The van der Waals surface area contributed by atoms with Gasteiger partial charge in [-0.3, -0.25) is 4.79 Å². The Kier molecular flexibility index (Phi) is 9.07. The number of carbonyl (C=O) groups excluding carboxylic acids is 1. The van der Waals surface area contributed by atoms with Crippen LogP contribution in [0.5, 0.6) is 0 Å². The van der Waals surface area contributed by atoms with Crippen molar-refractivity contribution in [1.82, 2.24) is 4.90 Å². The molecule has 1 saturated heterocycles. The number of nitrogens with zero attached hydrogens (tertiary/aromatic N) is 1. The van der Waals surface area contributed by atoms with Crippen molar-refractivity contribution in [2.75, 3.05) is 25.4 Å². The van der Waals surface area contributed by atoms with Crippen LogP contribution in [-0.4, -0.2) is 40.9 Å². The van der Waals surface area contributed by atoms with Gasteiger partial charge in [0.2, 0.25) is 5.91 Å². The number of hydrogen-bond acceptors (Lipinski definition) is 3. The van der Waals surface area contributed by atoms with Crippen LogP contribution in [0.15, 0.2) is 0 Å². The first-order chi connectivity index (χ1) is 9.76. The van der Waals surface area contributed by atoms with Crippen LogP contribution in [0.25, 0.3) is 0 Å². The van der Waals surface area contributed by atoms with Crippen LogP contribution in [0.2, 0.25) is 0 Å². The lowest BCUT2D eigenvalue weighted by molar-refractivity contribution is -0.131. The highest BCUT2D eigenvalue weighted by Gasteiger charge is 2.38. The Labute approximate surface area is 140 Å². The molecule has 3 nitrogen and oxygen atoms in total. The van der Waals surface area contributed by atoms with Gasteiger partial charge in [-0.1, -0.05) is 32.1 Å². The zero-order valence-electron chi connectivity index (χ0n) is 13.1. The molecule has 1 spiro atoms. The lowest BCUT2D eigenvalue weighted by Gasteiger charge is -2.44. The maximum Gasteiger partial charge on any atom is 0.222 e. The van der Waals surface area contributed by atoms with Crippen molar-refractivity contribution >= 4 is 30.1 Å². The molecule has 1 aliphatic heterocycles. The number of amides is 1. The summed E-state index contributed by atoms with van der Waals surface area (Å²) in [6.45, 7) is 2.76. The van der Waals surface area contributed by atoms with E-state index in [1.165, 1.54) is 38.5 Å². The maximum atomic E-state index is 12.3. The molecule has 0 radical (unpaired) electrons. The fraction of sp³-hybridized carbons (Fsp3) is 0.938. The predicted octanol–water partition coefficient (Wildman–Crippen LogP) is 3.60. The zero-order valence-corrected chi connectivity index (χ0v) is 14.8. The van der Waals surface area contributed by atoms with Crippen molar-refractivity contribution in [2.24, 2.45) is 5.73 Å². The molecule has 0 aromatic heterocycles. The molecule has 1 aliphatic carbocycles. The largest absolute Gasteiger partial charge is 0.340 e. The van der Waals surface area contributed by atoms with Gasteiger partial charge >= 0.3 is 0 Å². The number of unbranched alkanes of at least 4 members (excludes halogenated alkanes) is 3. The van der Waals surface area contributed by atoms with Crippen LogP contribution >= 0.6 is 24.2 Å². The van der Waals surface area contributed by atoms with Crippen LogP contribution < -0.4 is 5.73 Å². The minimum Gasteiger partial charge on any atom is -0.340 e. The second kappa shape index (κ2) is 9.96. The van der Waals surface area contributed by atoms with Crippen molar-refractivity contribution in [2.45, 2.75) is 69.0 Å². The molecule has 2 aliphatic rings. The average Bonchev–Trinajstić information content (AvgIpc) is 2.48. The van der Waals surface area contributed by atoms with Gasteiger partial charge < -0.3 is 10.6 Å². The first-order valence-corrected chi connectivity index (χ1v) is 9.36. The van der Waals surface area contributed by atoms with Crippen molar-refractivity contribution < 1.29 is 4.79 Å². The van der Waals surface area contributed by atoms with Gasteiger partial charge in [0.05, 0.1) is 0 Å². The van der Waals surface area contributed by atoms with E-state index in [4.69, 9.17) is 5.73 Å². The van der Waals surface area contributed by atoms with E-state index in [-0.39, 0.29) is 12.4 Å². The van der Waals surface area contributed by atoms with E-state index >= 15 is 0 Å². The monoisotopic (exact) mass is 334 g/mol. The Morgan fingerprint density at radius 1 is 1.10 bits per heavy atom. The lowest BCUT2D eigenvalue weighted by Crippen LogP contribution is -2.49. The molecular formula is C16H31ClN2OS. The second-order valence-electron chi connectivity index (χ2n) is 6.36. The summed E-state index contributed by atoms with van der Waals surface area (Å²) in [6, 6.07) is 0. The van der Waals surface area contributed by atoms with Crippen LogP contribution in [-0.2, 0) is 4.79 Å². The molecule has 124 valence electrons. The molecule has 5 heteroatoms. The standard InChI is InChI=1S/C16H30N2OS.ClH/c17-11-7-2-1-4-8-15(19)18-12-13-20-16(14-18)9-5-3-6-10-16;/h1-14,17H2;1H. The quantitative estimate of drug-likeness (QED) is 0.755. The summed E-state index contributed by atoms with van der Waals surface area (Å²) in [4.78, 5) is 14.5. The zero-order chi connectivity index (χ0) is 14.3. The van der Waals surface area contributed by atoms with E-state index in [9.17, 15) is 4.79 Å². The Morgan fingerprint density at radius 2 is 1.81 bits per heavy atom. The first-order valence-electron chi connectivity index (χ1n) is 8.38. The summed E-state index contributed by atoms with van der Waals surface area (Å²) in [5, 5.41) is 0. The van der Waals surface area contributed by atoms with Gasteiger partial charge in [0.15, 0.2) is 0 Å². The Bertz CT molecular complexity index is 303. The van der Waals surface area contributed by atoms with E-state index in [0.717, 1.165) is 51.1 Å². The summed E-state index contributed by atoms with van der Waals surface area (Å²) in [5.41, 5.74) is 5.49. The Hall–Kier alpha value is 0.0700. The van der Waals surface area contributed by atoms with Crippen LogP contribution in [0.1, 0.15) is 64.2 Å². The van der Waals surface area contributed by atoms with Gasteiger partial charge in [-0.05, 0) is 32.2 Å². The molecule has 0 aromatic carbocycles. The van der Waals surface area contributed by atoms with E-state index in [1.807, 2.05) is 0 Å². The number of hydrogen-bond donors (Lipinski definition) is 1. The van der Waals surface area contributed by atoms with Gasteiger partial charge in [0.1, 0.15) is 0 Å². The Balaban J connectivity index is 0.00000220. The van der Waals surface area contributed by atoms with Gasteiger partial charge in [-0.25, -0.2) is 0 Å². The predicted molar refractivity (Wildman–Crippen MR) is 94.2 cm³/mol. The van der Waals surface area contributed by atoms with Crippen LogP contribution in [0.3, 0.4) is 0 Å². The lowest BCUT2D eigenvalue weighted by atomic mass is 9.87. The van der Waals surface area contributed by atoms with E-state index < -0.39 is 0 Å². The average molecular weight is 335 g/mol. The van der Waals surface area contributed by atoms with Gasteiger partial charge in [0.25, 0.3) is 0 Å². The minimum absolute atomic E-state index is 0. The number of rotatable bonds is 6. The van der Waals surface area contributed by atoms with Crippen LogP contribution in [0, 0.1) is 0 Å². The molecule has 1 heterocycles. The maximum absolute atomic E-state index is 12.3. The number of halogens is 1. The fourth-order valence-electron chi connectivity index (χ4n) is 3.49. The highest BCUT2D eigenvalue weighted by atomic mass is 35.5. The molecule has 0 unspecified atom stereocenters. The summed E-state index contributed by atoms with van der Waals surface area (Å²) < 4.78 is 0.408. The molecule has 0 aromatic rings. The summed E-state index contributed by atoms with van der Waals surface area (Å²) in [7, 11) is 0. The molecule has 2 fully saturated rings. The number of nitrogens with two attached hydrogens (primary N) is 1. The van der Waals surface area contributed by atoms with Crippen molar-refractivity contribution in [3.8, 4) is 0 Å². The third-order valence-corrected chi connectivity index (χ3v) is 6.25. The first kappa shape index (κ1) is 19.1. The molecular weight excluding hydrogens is 304 g/mol. The van der Waals surface area contributed by atoms with E-state index in [2.05, 4.69) is 16.7 Å². The summed E-state index contributed by atoms with van der Waals surface area (Å²) in [6.07, 6.45) is 11.9. The van der Waals surface area contributed by atoms with Gasteiger partial charge in [-0.2, -0.15) is 11.8 Å². The molecule has 2 rings (SSSR count). The molecule has 1 saturated carbocycles. The molecule has 21 heavy (non-hydrogen) atoms. The van der Waals surface area contributed by atoms with Crippen molar-refractivity contribution in [3.63, 3.8) is 0 Å². The van der Waals surface area contributed by atoms with Gasteiger partial charge in [0, 0.05) is 30.0 Å². The third kappa shape index (κ3) is 5.99. The highest BCUT2D eigenvalue weighted by molar-refractivity contribution is 8.00. The minimum atomic E-state index is 0. The van der Waals surface area contributed by atoms with Gasteiger partial charge in [-0.15, -0.1) is 12.4 Å². The highest BCUT2D eigenvalue weighted by Crippen LogP contribution is 2.42. The van der Waals surface area contributed by atoms with E-state index in [1.54, 1.807) is 0 Å². The summed E-state index contributed by atoms with van der Waals surface area (Å²) in [5.74, 6) is 1.53. The summed E-state index contributed by atoms with van der Waals surface area (Å²) >= 11 is 2.13. The fourth-order valence-corrected chi connectivity index (χ4v) is 5.06. The second-order valence-corrected chi connectivity index (χ2v) is 7.92. The number of carbonyl (C=O) groups is 1. The molecule has 1 amide bonds. The Morgan fingerprint density at radius 3 is 2.52 bits per heavy atom. The van der Waals surface area contributed by atoms with Crippen molar-refractivity contribution in [3.05, 3.63) is 0 Å². The van der Waals surface area contributed by atoms with Crippen molar-refractivity contribution in [1.29, 1.82) is 0 Å². The molecule has 0 bridgehead atoms. The molecule has 0 atom stereocenters. The normalized spacial score (nSPS) is 21.1. The smallest absolute Gasteiger partial charge is 0.222 e.